The normalized spacial score (nSPS) is 18.5. The first kappa shape index (κ1) is 59.5. The van der Waals surface area contributed by atoms with Crippen molar-refractivity contribution < 1.29 is 42.7 Å². The molecule has 4 aliphatic rings. The van der Waals surface area contributed by atoms with Crippen LogP contribution in [0, 0.1) is 18.2 Å². The number of benzene rings is 2. The van der Waals surface area contributed by atoms with Gasteiger partial charge in [-0.1, -0.05) is 64.3 Å². The number of hydrogen-bond acceptors (Lipinski definition) is 14. The number of hydrogen-bond donors (Lipinski definition) is 7. The molecule has 21 nitrogen and oxygen atoms in total. The summed E-state index contributed by atoms with van der Waals surface area (Å²) in [7, 11) is 0. The Hall–Kier alpha value is -7.70. The summed E-state index contributed by atoms with van der Waals surface area (Å²) in [4.78, 5) is 101. The van der Waals surface area contributed by atoms with Gasteiger partial charge in [0.05, 0.1) is 70.7 Å². The number of nitrogens with one attached hydrogen (secondary N) is 6. The van der Waals surface area contributed by atoms with Gasteiger partial charge < -0.3 is 41.5 Å². The van der Waals surface area contributed by atoms with Crippen molar-refractivity contribution in [3.8, 4) is 21.7 Å². The third kappa shape index (κ3) is 14.3. The molecular formula is C60H74F2N14O7S. The topological polar surface area (TPSA) is 264 Å². The van der Waals surface area contributed by atoms with Crippen molar-refractivity contribution >= 4 is 63.9 Å². The molecule has 0 radical (unpaired) electrons. The van der Waals surface area contributed by atoms with Gasteiger partial charge in [-0.25, -0.2) is 23.7 Å². The molecule has 4 aromatic heterocycles. The van der Waals surface area contributed by atoms with E-state index in [1.165, 1.54) is 22.3 Å². The highest BCUT2D eigenvalue weighted by atomic mass is 32.1. The molecule has 2 aromatic carbocycles. The van der Waals surface area contributed by atoms with Crippen LogP contribution in [0.5, 0.6) is 0 Å². The zero-order valence-electron chi connectivity index (χ0n) is 47.9. The Morgan fingerprint density at radius 1 is 0.881 bits per heavy atom. The molecular weight excluding hydrogens is 1100 g/mol. The third-order valence-corrected chi connectivity index (χ3v) is 17.1. The number of halogens is 2. The summed E-state index contributed by atoms with van der Waals surface area (Å²) in [5.41, 5.74) is 4.90. The van der Waals surface area contributed by atoms with Crippen LogP contribution in [0.3, 0.4) is 0 Å². The van der Waals surface area contributed by atoms with Gasteiger partial charge in [0, 0.05) is 81.7 Å². The third-order valence-electron chi connectivity index (χ3n) is 16.2. The molecule has 0 bridgehead atoms. The zero-order chi connectivity index (χ0) is 59.3. The number of H-pyrrole nitrogens is 1. The first-order valence-corrected chi connectivity index (χ1v) is 30.0. The number of rotatable bonds is 24. The van der Waals surface area contributed by atoms with Crippen LogP contribution in [0.15, 0.2) is 72.8 Å². The van der Waals surface area contributed by atoms with E-state index in [4.69, 9.17) is 4.98 Å². The number of piperazine rings is 1. The number of nitrogens with zero attached hydrogens (tertiary/aromatic N) is 8. The van der Waals surface area contributed by atoms with Crippen LogP contribution in [0.4, 0.5) is 20.3 Å². The van der Waals surface area contributed by atoms with Gasteiger partial charge >= 0.3 is 0 Å². The summed E-state index contributed by atoms with van der Waals surface area (Å²) in [6, 6.07) is 8.84. The quantitative estimate of drug-likeness (QED) is 0.0320. The van der Waals surface area contributed by atoms with Gasteiger partial charge in [0.2, 0.25) is 23.6 Å². The van der Waals surface area contributed by atoms with Gasteiger partial charge in [-0.2, -0.15) is 5.10 Å². The fourth-order valence-electron chi connectivity index (χ4n) is 10.9. The van der Waals surface area contributed by atoms with Gasteiger partial charge in [-0.15, -0.1) is 11.3 Å². The number of carbonyl (C=O) groups excluding carboxylic acids is 6. The maximum Gasteiger partial charge on any atom is 0.258 e. The van der Waals surface area contributed by atoms with E-state index >= 15 is 4.39 Å². The molecule has 4 fully saturated rings. The second kappa shape index (κ2) is 25.7. The SMILES string of the molecule is Cc1ncsc1-c1ccc([C@H](CC(=O)NCCCCCCCNC(=O)CN2CCN(C(=O)c3ccc(Nc4nc(C5CC5)cn5c(-c6cn[nH]c6)cnc45)c(F)c3)CC2)NC(=O)[C@@H]2C[C@@H](O)CN2C(=O)[C@@H](NC(=O)C2(F)CC2)C(C)(C)C)cc1. The van der Waals surface area contributed by atoms with E-state index in [1.807, 2.05) is 46.7 Å². The Labute approximate surface area is 490 Å². The van der Waals surface area contributed by atoms with Gasteiger partial charge in [0.15, 0.2) is 17.1 Å². The van der Waals surface area contributed by atoms with E-state index in [0.29, 0.717) is 68.6 Å². The Morgan fingerprint density at radius 3 is 2.24 bits per heavy atom. The van der Waals surface area contributed by atoms with E-state index in [2.05, 4.69) is 46.7 Å². The molecule has 2 aliphatic heterocycles. The van der Waals surface area contributed by atoms with Gasteiger partial charge in [-0.05, 0) is 80.2 Å². The molecule has 4 atom stereocenters. The van der Waals surface area contributed by atoms with Crippen molar-refractivity contribution in [1.29, 1.82) is 0 Å². The number of β-amino-alcohol motifs (C(OH)–C–C–N with tert-alkyl or cyclic N) is 1. The minimum absolute atomic E-state index is 0.0574. The molecule has 0 spiro atoms. The van der Waals surface area contributed by atoms with Crippen molar-refractivity contribution in [1.82, 2.24) is 65.5 Å². The Bertz CT molecular complexity index is 3350. The predicted molar refractivity (Wildman–Crippen MR) is 312 cm³/mol. The number of imidazole rings is 1. The highest BCUT2D eigenvalue weighted by Crippen LogP contribution is 2.42. The second-order valence-corrected chi connectivity index (χ2v) is 24.6. The monoisotopic (exact) mass is 1170 g/mol. The average Bonchev–Trinajstić information content (AvgIpc) is 3.00. The molecule has 2 aliphatic carbocycles. The summed E-state index contributed by atoms with van der Waals surface area (Å²) < 4.78 is 32.4. The predicted octanol–water partition coefficient (Wildman–Crippen LogP) is 6.49. The van der Waals surface area contributed by atoms with Crippen molar-refractivity contribution in [3.63, 3.8) is 0 Å². The van der Waals surface area contributed by atoms with Gasteiger partial charge in [0.1, 0.15) is 17.9 Å². The van der Waals surface area contributed by atoms with Crippen molar-refractivity contribution in [2.75, 3.05) is 57.7 Å². The minimum Gasteiger partial charge on any atom is -0.391 e. The van der Waals surface area contributed by atoms with E-state index in [-0.39, 0.29) is 67.7 Å². The van der Waals surface area contributed by atoms with Crippen LogP contribution < -0.4 is 26.6 Å². The highest BCUT2D eigenvalue weighted by molar-refractivity contribution is 7.13. The number of aliphatic hydroxyl groups is 1. The van der Waals surface area contributed by atoms with Gasteiger partial charge in [-0.3, -0.25) is 43.2 Å². The number of aromatic nitrogens is 6. The number of amides is 6. The summed E-state index contributed by atoms with van der Waals surface area (Å²) in [5.74, 6) is -2.55. The molecule has 0 unspecified atom stereocenters. The first-order valence-electron chi connectivity index (χ1n) is 29.1. The van der Waals surface area contributed by atoms with Crippen LogP contribution in [0.2, 0.25) is 0 Å². The lowest BCUT2D eigenvalue weighted by molar-refractivity contribution is -0.145. The molecule has 6 aromatic rings. The summed E-state index contributed by atoms with van der Waals surface area (Å²) in [6.45, 7) is 9.89. The fraction of sp³-hybridized carbons (Fsp3) is 0.500. The standard InChI is InChI=1S/C60H74F2N14O7S/c1-36-51(84-35-66-36)39-14-12-37(13-15-39)45(71-55(80)47-27-42(77)32-76(47)57(82)52(59(2,3)4)72-58(83)60(62)18-19-60)28-49(78)63-20-8-6-5-7-9-21-64-50(79)34-73-22-24-74(25-23-73)56(81)40-16-17-44(43(61)26-40)69-53-54-65-31-48(41-29-67-68-30-41)75(54)33-46(70-53)38-10-11-38/h12-17,26,29-31,33,35,38,42,45,47,52,77H,5-11,18-25,27-28,32,34H2,1-4H3,(H,63,78)(H,64,79)(H,67,68)(H,69,70)(H,71,80)(H,72,83)/t42-,45+,47+,52-/m1/s1. The average molecular weight is 1170 g/mol. The number of aliphatic hydroxyl groups excluding tert-OH is 1. The van der Waals surface area contributed by atoms with Crippen molar-refractivity contribution in [2.45, 2.75) is 134 Å². The number of fused-ring (bicyclic) bond motifs is 1. The van der Waals surface area contributed by atoms with Gasteiger partial charge in [0.25, 0.3) is 11.8 Å². The van der Waals surface area contributed by atoms with Crippen LogP contribution in [0.25, 0.3) is 27.3 Å². The van der Waals surface area contributed by atoms with Crippen molar-refractivity contribution in [2.24, 2.45) is 5.41 Å². The Kier molecular flexibility index (Phi) is 18.2. The lowest BCUT2D eigenvalue weighted by Crippen LogP contribution is -2.59. The lowest BCUT2D eigenvalue weighted by atomic mass is 9.85. The van der Waals surface area contributed by atoms with E-state index in [0.717, 1.165) is 71.6 Å². The molecule has 446 valence electrons. The summed E-state index contributed by atoms with van der Waals surface area (Å²) >= 11 is 1.51. The number of aryl methyl sites for hydroxylation is 1. The van der Waals surface area contributed by atoms with Crippen LogP contribution in [0.1, 0.15) is 131 Å². The number of aromatic amines is 1. The molecule has 10 rings (SSSR count). The minimum atomic E-state index is -2.02. The van der Waals surface area contributed by atoms with E-state index < -0.39 is 58.9 Å². The molecule has 7 N–H and O–H groups in total. The highest BCUT2D eigenvalue weighted by Gasteiger charge is 2.53. The number of anilines is 2. The largest absolute Gasteiger partial charge is 0.391 e. The van der Waals surface area contributed by atoms with Crippen LogP contribution in [-0.4, -0.2) is 161 Å². The van der Waals surface area contributed by atoms with E-state index in [9.17, 15) is 38.3 Å². The summed E-state index contributed by atoms with van der Waals surface area (Å²) in [5, 5.41) is 32.4. The number of unbranched alkanes of at least 4 members (excludes halogenated alkanes) is 4. The first-order chi connectivity index (χ1) is 40.3. The molecule has 2 saturated heterocycles. The van der Waals surface area contributed by atoms with Crippen LogP contribution in [-0.2, 0) is 24.0 Å². The maximum atomic E-state index is 15.7. The number of likely N-dealkylation sites (tertiary alicyclic amines) is 1. The molecule has 6 heterocycles. The molecule has 24 heteroatoms. The molecule has 2 saturated carbocycles. The second-order valence-electron chi connectivity index (χ2n) is 23.8. The molecule has 84 heavy (non-hydrogen) atoms. The molecule has 6 amide bonds. The van der Waals surface area contributed by atoms with Crippen LogP contribution >= 0.6 is 11.3 Å². The fourth-order valence-corrected chi connectivity index (χ4v) is 11.7. The smallest absolute Gasteiger partial charge is 0.258 e. The lowest BCUT2D eigenvalue weighted by Gasteiger charge is -2.36. The number of alkyl halides is 1. The zero-order valence-corrected chi connectivity index (χ0v) is 48.7. The summed E-state index contributed by atoms with van der Waals surface area (Å²) in [6.07, 6.45) is 12.3. The Balaban J connectivity index is 0.635. The maximum absolute atomic E-state index is 15.7. The number of thiazole rings is 1. The Morgan fingerprint density at radius 2 is 1.60 bits per heavy atom. The van der Waals surface area contributed by atoms with E-state index in [1.54, 1.807) is 61.9 Å². The number of carbonyl (C=O) groups is 6. The van der Waals surface area contributed by atoms with Crippen molar-refractivity contribution in [3.05, 3.63) is 101 Å².